The van der Waals surface area contributed by atoms with Gasteiger partial charge >= 0.3 is 0 Å². The summed E-state index contributed by atoms with van der Waals surface area (Å²) in [7, 11) is 0. The van der Waals surface area contributed by atoms with E-state index < -0.39 is 11.4 Å². The molecule has 0 N–H and O–H groups in total. The van der Waals surface area contributed by atoms with Gasteiger partial charge in [-0.25, -0.2) is 0 Å². The number of ether oxygens (including phenoxy) is 1. The standard InChI is InChI=1S/C32H39NO2S/c1-27-16-22-32(23-17-27)36(34)33-24-11-15-31(33)26-35-25-10-5-3-2-4-7-12-28-18-20-30(21-19-28)29-13-8-6-9-14-29/h6-9,12-14,16-23,31H,2-5,10-11,15,24-26H2,1H3/b12-7+/t31-,36?/m0/s1. The highest BCUT2D eigenvalue weighted by Gasteiger charge is 2.35. The van der Waals surface area contributed by atoms with Crippen LogP contribution in [0.15, 0.2) is 89.8 Å². The Morgan fingerprint density at radius 1 is 0.889 bits per heavy atom. The number of nitrogens with zero attached hydrogens (tertiary/aromatic N) is 1. The van der Waals surface area contributed by atoms with Gasteiger partial charge in [0.15, 0.2) is 4.90 Å². The predicted molar refractivity (Wildman–Crippen MR) is 152 cm³/mol. The van der Waals surface area contributed by atoms with Gasteiger partial charge in [-0.15, -0.1) is 4.31 Å². The summed E-state index contributed by atoms with van der Waals surface area (Å²) < 4.78 is 21.1. The lowest BCUT2D eigenvalue weighted by Gasteiger charge is -2.25. The number of aryl methyl sites for hydroxylation is 1. The molecule has 1 unspecified atom stereocenters. The van der Waals surface area contributed by atoms with Crippen LogP contribution in [0.1, 0.15) is 56.1 Å². The van der Waals surface area contributed by atoms with Crippen LogP contribution in [0.2, 0.25) is 0 Å². The molecule has 3 nitrogen and oxygen atoms in total. The molecule has 190 valence electrons. The molecule has 36 heavy (non-hydrogen) atoms. The quantitative estimate of drug-likeness (QED) is 0.177. The number of hydrogen-bond acceptors (Lipinski definition) is 3. The highest BCUT2D eigenvalue weighted by Crippen LogP contribution is 2.26. The Kier molecular flexibility index (Phi) is 10.7. The molecule has 0 spiro atoms. The smallest absolute Gasteiger partial charge is 0.174 e. The topological polar surface area (TPSA) is 35.5 Å². The SMILES string of the molecule is Cc1ccc([S+]([O-])N2CCC[C@H]2COCCCCCC/C=C/c2ccc(-c3ccccc3)cc2)cc1. The lowest BCUT2D eigenvalue weighted by atomic mass is 10.0. The van der Waals surface area contributed by atoms with Crippen LogP contribution in [0.25, 0.3) is 17.2 Å². The Bertz CT molecular complexity index is 1050. The molecule has 0 aliphatic carbocycles. The second-order valence-corrected chi connectivity index (χ2v) is 11.1. The van der Waals surface area contributed by atoms with Crippen molar-refractivity contribution in [3.63, 3.8) is 0 Å². The molecule has 2 atom stereocenters. The van der Waals surface area contributed by atoms with Crippen molar-refractivity contribution in [2.75, 3.05) is 19.8 Å². The van der Waals surface area contributed by atoms with Crippen molar-refractivity contribution >= 4 is 17.4 Å². The van der Waals surface area contributed by atoms with Crippen LogP contribution < -0.4 is 0 Å². The summed E-state index contributed by atoms with van der Waals surface area (Å²) in [4.78, 5) is 0.894. The average Bonchev–Trinajstić information content (AvgIpc) is 3.39. The second-order valence-electron chi connectivity index (χ2n) is 9.67. The summed E-state index contributed by atoms with van der Waals surface area (Å²) in [6.45, 7) is 4.43. The van der Waals surface area contributed by atoms with Gasteiger partial charge in [-0.05, 0) is 67.9 Å². The van der Waals surface area contributed by atoms with Crippen molar-refractivity contribution in [1.29, 1.82) is 0 Å². The summed E-state index contributed by atoms with van der Waals surface area (Å²) in [6, 6.07) is 27.6. The Morgan fingerprint density at radius 2 is 1.61 bits per heavy atom. The van der Waals surface area contributed by atoms with Gasteiger partial charge in [0.25, 0.3) is 0 Å². The molecule has 0 saturated carbocycles. The van der Waals surface area contributed by atoms with Gasteiger partial charge in [0.2, 0.25) is 0 Å². The molecule has 1 heterocycles. The summed E-state index contributed by atoms with van der Waals surface area (Å²) in [5, 5.41) is 0. The number of unbranched alkanes of at least 4 members (excludes halogenated alkanes) is 4. The van der Waals surface area contributed by atoms with Crippen molar-refractivity contribution in [1.82, 2.24) is 4.31 Å². The van der Waals surface area contributed by atoms with Gasteiger partial charge in [-0.3, -0.25) is 0 Å². The third kappa shape index (κ3) is 8.07. The van der Waals surface area contributed by atoms with Crippen LogP contribution in [0, 0.1) is 6.92 Å². The molecule has 0 amide bonds. The molecule has 0 bridgehead atoms. The van der Waals surface area contributed by atoms with E-state index in [0.717, 1.165) is 43.7 Å². The fourth-order valence-electron chi connectivity index (χ4n) is 4.66. The molecule has 3 aromatic carbocycles. The molecule has 3 aromatic rings. The molecule has 0 aromatic heterocycles. The third-order valence-electron chi connectivity index (χ3n) is 6.81. The van der Waals surface area contributed by atoms with Crippen LogP contribution >= 0.6 is 0 Å². The zero-order valence-corrected chi connectivity index (χ0v) is 22.3. The van der Waals surface area contributed by atoms with Gasteiger partial charge in [-0.1, -0.05) is 97.3 Å². The third-order valence-corrected chi connectivity index (χ3v) is 8.39. The van der Waals surface area contributed by atoms with E-state index in [1.807, 2.05) is 24.3 Å². The number of hydrogen-bond donors (Lipinski definition) is 0. The lowest BCUT2D eigenvalue weighted by Crippen LogP contribution is -2.38. The minimum Gasteiger partial charge on any atom is -0.593 e. The van der Waals surface area contributed by atoms with E-state index in [9.17, 15) is 4.55 Å². The maximum atomic E-state index is 13.0. The Morgan fingerprint density at radius 3 is 2.39 bits per heavy atom. The van der Waals surface area contributed by atoms with Crippen LogP contribution in [0.4, 0.5) is 0 Å². The first-order chi connectivity index (χ1) is 17.7. The van der Waals surface area contributed by atoms with E-state index >= 15 is 0 Å². The molecule has 4 heteroatoms. The van der Waals surface area contributed by atoms with Gasteiger partial charge in [0.05, 0.1) is 24.0 Å². The highest BCUT2D eigenvalue weighted by molar-refractivity contribution is 7.89. The minimum absolute atomic E-state index is 0.263. The first kappa shape index (κ1) is 26.7. The molecule has 1 fully saturated rings. The van der Waals surface area contributed by atoms with Crippen molar-refractivity contribution in [3.8, 4) is 11.1 Å². The molecule has 1 aliphatic heterocycles. The van der Waals surface area contributed by atoms with Gasteiger partial charge < -0.3 is 9.29 Å². The fourth-order valence-corrected chi connectivity index (χ4v) is 6.03. The van der Waals surface area contributed by atoms with Crippen LogP contribution in [0.5, 0.6) is 0 Å². The summed E-state index contributed by atoms with van der Waals surface area (Å²) in [5.41, 5.74) is 4.97. The van der Waals surface area contributed by atoms with E-state index in [1.54, 1.807) is 0 Å². The first-order valence-corrected chi connectivity index (χ1v) is 14.5. The molecule has 4 rings (SSSR count). The van der Waals surface area contributed by atoms with Gasteiger partial charge in [0.1, 0.15) is 0 Å². The van der Waals surface area contributed by atoms with Gasteiger partial charge in [0, 0.05) is 13.2 Å². The summed E-state index contributed by atoms with van der Waals surface area (Å²) >= 11 is -1.09. The Balaban J connectivity index is 1.06. The molecule has 1 saturated heterocycles. The second kappa shape index (κ2) is 14.4. The highest BCUT2D eigenvalue weighted by atomic mass is 32.2. The lowest BCUT2D eigenvalue weighted by molar-refractivity contribution is 0.0959. The van der Waals surface area contributed by atoms with E-state index in [4.69, 9.17) is 4.74 Å². The van der Waals surface area contributed by atoms with Crippen molar-refractivity contribution in [2.24, 2.45) is 0 Å². The van der Waals surface area contributed by atoms with E-state index in [-0.39, 0.29) is 6.04 Å². The van der Waals surface area contributed by atoms with Crippen molar-refractivity contribution in [3.05, 3.63) is 96.1 Å². The fraction of sp³-hybridized carbons (Fsp3) is 0.375. The largest absolute Gasteiger partial charge is 0.593 e. The molecule has 0 radical (unpaired) electrons. The van der Waals surface area contributed by atoms with Gasteiger partial charge in [-0.2, -0.15) is 0 Å². The van der Waals surface area contributed by atoms with Crippen molar-refractivity contribution < 1.29 is 9.29 Å². The normalized spacial score (nSPS) is 17.1. The molecule has 1 aliphatic rings. The molecular formula is C32H39NO2S. The maximum Gasteiger partial charge on any atom is 0.174 e. The Hall–Kier alpha value is -2.37. The zero-order chi connectivity index (χ0) is 25.0. The summed E-state index contributed by atoms with van der Waals surface area (Å²) in [5.74, 6) is 0. The zero-order valence-electron chi connectivity index (χ0n) is 21.5. The average molecular weight is 502 g/mol. The van der Waals surface area contributed by atoms with E-state index in [0.29, 0.717) is 6.61 Å². The van der Waals surface area contributed by atoms with Crippen molar-refractivity contribution in [2.45, 2.75) is 62.8 Å². The number of rotatable bonds is 13. The minimum atomic E-state index is -1.09. The van der Waals surface area contributed by atoms with Crippen LogP contribution in [-0.4, -0.2) is 34.7 Å². The number of benzene rings is 3. The van der Waals surface area contributed by atoms with Crippen LogP contribution in [0.3, 0.4) is 0 Å². The Labute approximate surface area is 220 Å². The first-order valence-electron chi connectivity index (χ1n) is 13.4. The summed E-state index contributed by atoms with van der Waals surface area (Å²) in [6.07, 6.45) is 12.5. The van der Waals surface area contributed by atoms with E-state index in [2.05, 4.69) is 78.0 Å². The van der Waals surface area contributed by atoms with Crippen LogP contribution in [-0.2, 0) is 16.1 Å². The number of allylic oxidation sites excluding steroid dienone is 1. The predicted octanol–water partition coefficient (Wildman–Crippen LogP) is 7.83. The monoisotopic (exact) mass is 501 g/mol. The maximum absolute atomic E-state index is 13.0. The molecular weight excluding hydrogens is 462 g/mol. The van der Waals surface area contributed by atoms with E-state index in [1.165, 1.54) is 41.5 Å².